The maximum Gasteiger partial charge on any atom is 0.232 e. The van der Waals surface area contributed by atoms with Gasteiger partial charge in [-0.05, 0) is 91.3 Å². The molecule has 0 bridgehead atoms. The second-order valence-corrected chi connectivity index (χ2v) is 13.2. The highest BCUT2D eigenvalue weighted by atomic mass is 16.7. The first-order chi connectivity index (χ1) is 15.1. The minimum atomic E-state index is -1.02. The van der Waals surface area contributed by atoms with Crippen molar-refractivity contribution in [3.05, 3.63) is 0 Å². The molecule has 2 unspecified atom stereocenters. The van der Waals surface area contributed by atoms with Crippen molar-refractivity contribution in [1.82, 2.24) is 0 Å². The molecule has 0 radical (unpaired) electrons. The van der Waals surface area contributed by atoms with E-state index >= 15 is 0 Å². The molecule has 6 rings (SSSR count). The van der Waals surface area contributed by atoms with Crippen LogP contribution in [0.2, 0.25) is 0 Å². The Morgan fingerprint density at radius 3 is 2.44 bits per heavy atom. The van der Waals surface area contributed by atoms with Gasteiger partial charge in [0.05, 0.1) is 24.9 Å². The third kappa shape index (κ3) is 2.69. The van der Waals surface area contributed by atoms with Crippen molar-refractivity contribution >= 4 is 5.78 Å². The molecule has 6 fully saturated rings. The largest absolute Gasteiger partial charge is 0.393 e. The molecule has 2 heterocycles. The molecule has 2 N–H and O–H groups in total. The number of rotatable bonds is 0. The summed E-state index contributed by atoms with van der Waals surface area (Å²) >= 11 is 0. The van der Waals surface area contributed by atoms with E-state index in [1.165, 1.54) is 12.8 Å². The Morgan fingerprint density at radius 2 is 1.69 bits per heavy atom. The van der Waals surface area contributed by atoms with Crippen molar-refractivity contribution in [2.75, 3.05) is 6.61 Å². The molecule has 13 atom stereocenters. The Labute approximate surface area is 192 Å². The van der Waals surface area contributed by atoms with Crippen LogP contribution in [0.4, 0.5) is 0 Å². The van der Waals surface area contributed by atoms with Gasteiger partial charge in [0.1, 0.15) is 0 Å². The summed E-state index contributed by atoms with van der Waals surface area (Å²) in [5.41, 5.74) is 0.269. The highest BCUT2D eigenvalue weighted by Gasteiger charge is 2.71. The zero-order valence-electron chi connectivity index (χ0n) is 20.3. The molecule has 6 aliphatic rings. The minimum Gasteiger partial charge on any atom is -0.393 e. The third-order valence-electron chi connectivity index (χ3n) is 11.7. The Bertz CT molecular complexity index is 799. The van der Waals surface area contributed by atoms with Crippen molar-refractivity contribution in [2.24, 2.45) is 52.3 Å². The lowest BCUT2D eigenvalue weighted by Crippen LogP contribution is -2.59. The summed E-state index contributed by atoms with van der Waals surface area (Å²) in [6.07, 6.45) is 6.99. The lowest BCUT2D eigenvalue weighted by molar-refractivity contribution is -0.253. The zero-order valence-corrected chi connectivity index (χ0v) is 20.3. The summed E-state index contributed by atoms with van der Waals surface area (Å²) in [4.78, 5) is 13.1. The quantitative estimate of drug-likeness (QED) is 0.589. The maximum absolute atomic E-state index is 13.1. The van der Waals surface area contributed by atoms with E-state index in [4.69, 9.17) is 9.47 Å². The minimum absolute atomic E-state index is 0.0840. The number of hydrogen-bond acceptors (Lipinski definition) is 5. The molecule has 180 valence electrons. The summed E-state index contributed by atoms with van der Waals surface area (Å²) < 4.78 is 12.8. The molecule has 1 spiro atoms. The lowest BCUT2D eigenvalue weighted by atomic mass is 9.43. The highest BCUT2D eigenvalue weighted by molar-refractivity contribution is 5.87. The highest BCUT2D eigenvalue weighted by Crippen LogP contribution is 2.71. The summed E-state index contributed by atoms with van der Waals surface area (Å²) in [5.74, 6) is 1.74. The van der Waals surface area contributed by atoms with Gasteiger partial charge in [-0.2, -0.15) is 0 Å². The third-order valence-corrected chi connectivity index (χ3v) is 11.7. The first-order valence-corrected chi connectivity index (χ1v) is 13.3. The number of carbonyl (C=O) groups excluding carboxylic acids is 1. The van der Waals surface area contributed by atoms with E-state index in [-0.39, 0.29) is 52.7 Å². The van der Waals surface area contributed by atoms with Crippen molar-refractivity contribution in [1.29, 1.82) is 0 Å². The fourth-order valence-electron chi connectivity index (χ4n) is 10.2. The van der Waals surface area contributed by atoms with Crippen LogP contribution in [0.5, 0.6) is 0 Å². The van der Waals surface area contributed by atoms with Gasteiger partial charge in [-0.25, -0.2) is 0 Å². The average Bonchev–Trinajstić information content (AvgIpc) is 3.18. The number of fused-ring (bicyclic) bond motifs is 7. The molecule has 4 aliphatic carbocycles. The van der Waals surface area contributed by atoms with Gasteiger partial charge in [-0.1, -0.05) is 27.7 Å². The molecule has 0 aromatic rings. The topological polar surface area (TPSA) is 76.0 Å². The van der Waals surface area contributed by atoms with Crippen LogP contribution in [0.25, 0.3) is 0 Å². The molecule has 5 heteroatoms. The van der Waals surface area contributed by atoms with Crippen LogP contribution in [0, 0.1) is 52.3 Å². The molecule has 5 nitrogen and oxygen atoms in total. The average molecular weight is 447 g/mol. The van der Waals surface area contributed by atoms with Gasteiger partial charge < -0.3 is 19.7 Å². The number of ether oxygens (including phenoxy) is 2. The van der Waals surface area contributed by atoms with Crippen LogP contribution in [0.1, 0.15) is 79.1 Å². The van der Waals surface area contributed by atoms with Gasteiger partial charge in [0.15, 0.2) is 5.78 Å². The van der Waals surface area contributed by atoms with Crippen LogP contribution in [-0.2, 0) is 14.3 Å². The second-order valence-electron chi connectivity index (χ2n) is 13.2. The van der Waals surface area contributed by atoms with Gasteiger partial charge in [0.2, 0.25) is 5.79 Å². The van der Waals surface area contributed by atoms with E-state index in [0.717, 1.165) is 32.1 Å². The Kier molecular flexibility index (Phi) is 4.83. The van der Waals surface area contributed by atoms with E-state index in [1.54, 1.807) is 0 Å². The zero-order chi connectivity index (χ0) is 22.6. The monoisotopic (exact) mass is 446 g/mol. The summed E-state index contributed by atoms with van der Waals surface area (Å²) in [7, 11) is 0. The van der Waals surface area contributed by atoms with Gasteiger partial charge in [0, 0.05) is 12.3 Å². The molecule has 4 saturated carbocycles. The molecule has 0 aromatic heterocycles. The predicted molar refractivity (Wildman–Crippen MR) is 120 cm³/mol. The van der Waals surface area contributed by atoms with E-state index < -0.39 is 5.79 Å². The number of carbonyl (C=O) groups is 1. The molecule has 32 heavy (non-hydrogen) atoms. The Hall–Kier alpha value is -0.490. The fraction of sp³-hybridized carbons (Fsp3) is 0.963. The summed E-state index contributed by atoms with van der Waals surface area (Å²) in [6, 6.07) is 0. The molecule has 0 amide bonds. The normalized spacial score (nSPS) is 61.8. The van der Waals surface area contributed by atoms with Gasteiger partial charge in [-0.15, -0.1) is 0 Å². The van der Waals surface area contributed by atoms with Crippen LogP contribution in [0.15, 0.2) is 0 Å². The molecule has 2 aliphatic heterocycles. The predicted octanol–water partition coefficient (Wildman–Crippen LogP) is 3.94. The van der Waals surface area contributed by atoms with Crippen LogP contribution >= 0.6 is 0 Å². The van der Waals surface area contributed by atoms with Crippen molar-refractivity contribution in [3.63, 3.8) is 0 Å². The maximum atomic E-state index is 13.1. The molecule has 0 aromatic carbocycles. The van der Waals surface area contributed by atoms with E-state index in [0.29, 0.717) is 36.7 Å². The lowest BCUT2D eigenvalue weighted by Gasteiger charge is -2.62. The number of hydrogen-bond donors (Lipinski definition) is 2. The second kappa shape index (κ2) is 7.02. The van der Waals surface area contributed by atoms with Crippen molar-refractivity contribution in [2.45, 2.75) is 103 Å². The Balaban J connectivity index is 1.29. The molecule has 2 saturated heterocycles. The number of Topliss-reactive ketones (excluding diaryl/α,β-unsaturated/α-hetero) is 1. The van der Waals surface area contributed by atoms with E-state index in [2.05, 4.69) is 27.7 Å². The SMILES string of the molecule is C[C@@H]1CO[C@@]2(OC3C[C@H]4[C@@H]5C[C@@H](O)[C@H]6C[C@@H](O)CC[C@]6(C)[C@H]5CC[C@]4(C)C3[C@@H]2C)C(=O)C1. The van der Waals surface area contributed by atoms with Crippen LogP contribution < -0.4 is 0 Å². The van der Waals surface area contributed by atoms with Gasteiger partial charge in [-0.3, -0.25) is 4.79 Å². The standard InChI is InChI=1S/C27H42O5/c1-14-9-23(30)27(31-13-14)15(2)24-22(32-27)12-19-17-11-21(29)20-10-16(28)5-7-25(20,3)18(17)6-8-26(19,24)4/h14-22,24,28-29H,5-13H2,1-4H3/t14-,15-,16-,17+,18-,19-,20+,21+,22?,24?,25+,26-,27-/m0/s1. The number of ketones is 1. The van der Waals surface area contributed by atoms with Crippen LogP contribution in [0.3, 0.4) is 0 Å². The van der Waals surface area contributed by atoms with Crippen LogP contribution in [-0.4, -0.2) is 46.7 Å². The van der Waals surface area contributed by atoms with Crippen molar-refractivity contribution in [3.8, 4) is 0 Å². The smallest absolute Gasteiger partial charge is 0.232 e. The van der Waals surface area contributed by atoms with E-state index in [9.17, 15) is 15.0 Å². The Morgan fingerprint density at radius 1 is 0.938 bits per heavy atom. The first-order valence-electron chi connectivity index (χ1n) is 13.3. The molecular weight excluding hydrogens is 404 g/mol. The van der Waals surface area contributed by atoms with Gasteiger partial charge in [0.25, 0.3) is 0 Å². The first kappa shape index (κ1) is 22.0. The number of aliphatic hydroxyl groups excluding tert-OH is 2. The van der Waals surface area contributed by atoms with Crippen molar-refractivity contribution < 1.29 is 24.5 Å². The summed E-state index contributed by atoms with van der Waals surface area (Å²) in [5, 5.41) is 21.5. The fourth-order valence-corrected chi connectivity index (χ4v) is 10.2. The molecular formula is C27H42O5. The van der Waals surface area contributed by atoms with Gasteiger partial charge >= 0.3 is 0 Å². The van der Waals surface area contributed by atoms with E-state index in [1.807, 2.05) is 0 Å². The summed E-state index contributed by atoms with van der Waals surface area (Å²) in [6.45, 7) is 9.76. The number of aliphatic hydroxyl groups is 2.